The zero-order valence-corrected chi connectivity index (χ0v) is 11.8. The van der Waals surface area contributed by atoms with Crippen molar-refractivity contribution in [3.05, 3.63) is 29.3 Å². The van der Waals surface area contributed by atoms with E-state index in [2.05, 4.69) is 4.74 Å². The summed E-state index contributed by atoms with van der Waals surface area (Å²) in [5, 5.41) is 19.7. The van der Waals surface area contributed by atoms with Crippen LogP contribution in [-0.4, -0.2) is 22.5 Å². The summed E-state index contributed by atoms with van der Waals surface area (Å²) in [6.07, 6.45) is -1.97. The van der Waals surface area contributed by atoms with Crippen molar-refractivity contribution in [3.8, 4) is 5.75 Å². The molecule has 122 valence electrons. The van der Waals surface area contributed by atoms with E-state index in [0.29, 0.717) is 18.4 Å². The van der Waals surface area contributed by atoms with Crippen LogP contribution in [0, 0.1) is 0 Å². The Morgan fingerprint density at radius 2 is 1.86 bits per heavy atom. The Balaban J connectivity index is 2.41. The summed E-state index contributed by atoms with van der Waals surface area (Å²) in [7, 11) is 0. The number of benzene rings is 1. The highest BCUT2D eigenvalue weighted by atomic mass is 19.4. The van der Waals surface area contributed by atoms with Crippen molar-refractivity contribution in [3.63, 3.8) is 0 Å². The standard InChI is InChI=1S/C15H17F3O4/c16-15(17,18)22-11-5-4-10(8-13(19)20)12(9-11)14(21)6-2-1-3-7-14/h4-5,9,21H,1-3,6-8H2,(H,19,20). The van der Waals surface area contributed by atoms with Gasteiger partial charge in [-0.1, -0.05) is 25.3 Å². The Labute approximate surface area is 125 Å². The normalized spacial score (nSPS) is 18.0. The van der Waals surface area contributed by atoms with E-state index >= 15 is 0 Å². The minimum absolute atomic E-state index is 0.219. The van der Waals surface area contributed by atoms with Crippen LogP contribution in [0.5, 0.6) is 5.75 Å². The molecule has 0 amide bonds. The second-order valence-electron chi connectivity index (χ2n) is 5.53. The van der Waals surface area contributed by atoms with Crippen LogP contribution in [0.4, 0.5) is 13.2 Å². The predicted molar refractivity (Wildman–Crippen MR) is 71.4 cm³/mol. The first-order chi connectivity index (χ1) is 10.2. The first-order valence-electron chi connectivity index (χ1n) is 7.03. The van der Waals surface area contributed by atoms with Crippen LogP contribution in [0.25, 0.3) is 0 Å². The molecule has 2 rings (SSSR count). The van der Waals surface area contributed by atoms with Gasteiger partial charge in [0.25, 0.3) is 0 Å². The summed E-state index contributed by atoms with van der Waals surface area (Å²) in [5.41, 5.74) is -0.767. The lowest BCUT2D eigenvalue weighted by atomic mass is 9.77. The molecule has 0 bridgehead atoms. The number of ether oxygens (including phenoxy) is 1. The topological polar surface area (TPSA) is 66.8 Å². The summed E-state index contributed by atoms with van der Waals surface area (Å²) in [4.78, 5) is 10.9. The molecule has 22 heavy (non-hydrogen) atoms. The zero-order valence-electron chi connectivity index (χ0n) is 11.8. The summed E-state index contributed by atoms with van der Waals surface area (Å²) in [6, 6.07) is 3.45. The first-order valence-corrected chi connectivity index (χ1v) is 7.03. The smallest absolute Gasteiger partial charge is 0.481 e. The van der Waals surface area contributed by atoms with Crippen molar-refractivity contribution in [2.45, 2.75) is 50.5 Å². The fraction of sp³-hybridized carbons (Fsp3) is 0.533. The molecule has 2 N–H and O–H groups in total. The van der Waals surface area contributed by atoms with Gasteiger partial charge in [0.2, 0.25) is 0 Å². The number of rotatable bonds is 4. The molecule has 1 aliphatic carbocycles. The molecule has 0 spiro atoms. The Morgan fingerprint density at radius 1 is 1.23 bits per heavy atom. The number of carbonyl (C=O) groups is 1. The first kappa shape index (κ1) is 16.6. The molecule has 7 heteroatoms. The van der Waals surface area contributed by atoms with Gasteiger partial charge in [-0.05, 0) is 36.1 Å². The lowest BCUT2D eigenvalue weighted by molar-refractivity contribution is -0.274. The molecule has 0 unspecified atom stereocenters. The largest absolute Gasteiger partial charge is 0.573 e. The van der Waals surface area contributed by atoms with Gasteiger partial charge in [0.1, 0.15) is 5.75 Å². The van der Waals surface area contributed by atoms with Gasteiger partial charge in [0, 0.05) is 0 Å². The summed E-state index contributed by atoms with van der Waals surface area (Å²) < 4.78 is 40.9. The van der Waals surface area contributed by atoms with Crippen LogP contribution in [0.1, 0.15) is 43.2 Å². The molecule has 0 radical (unpaired) electrons. The molecule has 4 nitrogen and oxygen atoms in total. The summed E-state index contributed by atoms with van der Waals surface area (Å²) in [6.45, 7) is 0. The van der Waals surface area contributed by atoms with Gasteiger partial charge in [-0.25, -0.2) is 0 Å². The monoisotopic (exact) mass is 318 g/mol. The van der Waals surface area contributed by atoms with Gasteiger partial charge in [0.15, 0.2) is 0 Å². The van der Waals surface area contributed by atoms with Crippen molar-refractivity contribution < 1.29 is 32.9 Å². The molecule has 1 aromatic carbocycles. The predicted octanol–water partition coefficient (Wildman–Crippen LogP) is 3.36. The maximum Gasteiger partial charge on any atom is 0.573 e. The molecule has 0 heterocycles. The number of hydrogen-bond acceptors (Lipinski definition) is 3. The molecular weight excluding hydrogens is 301 g/mol. The minimum Gasteiger partial charge on any atom is -0.481 e. The number of aliphatic hydroxyl groups is 1. The average molecular weight is 318 g/mol. The fourth-order valence-corrected chi connectivity index (χ4v) is 2.91. The van der Waals surface area contributed by atoms with E-state index < -0.39 is 23.7 Å². The minimum atomic E-state index is -4.83. The van der Waals surface area contributed by atoms with Gasteiger partial charge in [-0.15, -0.1) is 13.2 Å². The van der Waals surface area contributed by atoms with E-state index in [9.17, 15) is 23.1 Å². The Hall–Kier alpha value is -1.76. The van der Waals surface area contributed by atoms with Crippen LogP contribution < -0.4 is 4.74 Å². The summed E-state index contributed by atoms with van der Waals surface area (Å²) >= 11 is 0. The second-order valence-corrected chi connectivity index (χ2v) is 5.53. The lowest BCUT2D eigenvalue weighted by Gasteiger charge is -2.34. The van der Waals surface area contributed by atoms with E-state index in [-0.39, 0.29) is 12.0 Å². The zero-order chi connectivity index (χ0) is 16.4. The molecule has 0 aromatic heterocycles. The number of hydrogen-bond donors (Lipinski definition) is 2. The Morgan fingerprint density at radius 3 is 2.41 bits per heavy atom. The van der Waals surface area contributed by atoms with Gasteiger partial charge < -0.3 is 14.9 Å². The SMILES string of the molecule is O=C(O)Cc1ccc(OC(F)(F)F)cc1C1(O)CCCCC1. The van der Waals surface area contributed by atoms with Crippen LogP contribution in [0.15, 0.2) is 18.2 Å². The third kappa shape index (κ3) is 4.13. The van der Waals surface area contributed by atoms with E-state index in [1.807, 2.05) is 0 Å². The van der Waals surface area contributed by atoms with Crippen molar-refractivity contribution >= 4 is 5.97 Å². The van der Waals surface area contributed by atoms with Crippen LogP contribution in [-0.2, 0) is 16.8 Å². The molecular formula is C15H17F3O4. The van der Waals surface area contributed by atoms with E-state index in [4.69, 9.17) is 5.11 Å². The van der Waals surface area contributed by atoms with E-state index in [1.54, 1.807) is 0 Å². The van der Waals surface area contributed by atoms with Crippen LogP contribution in [0.2, 0.25) is 0 Å². The maximum absolute atomic E-state index is 12.3. The van der Waals surface area contributed by atoms with Crippen molar-refractivity contribution in [2.75, 3.05) is 0 Å². The van der Waals surface area contributed by atoms with Crippen molar-refractivity contribution in [2.24, 2.45) is 0 Å². The number of carboxylic acids is 1. The number of aliphatic carboxylic acids is 1. The highest BCUT2D eigenvalue weighted by Gasteiger charge is 2.36. The van der Waals surface area contributed by atoms with Gasteiger partial charge in [0.05, 0.1) is 12.0 Å². The van der Waals surface area contributed by atoms with E-state index in [0.717, 1.165) is 31.4 Å². The van der Waals surface area contributed by atoms with Gasteiger partial charge >= 0.3 is 12.3 Å². The average Bonchev–Trinajstić information content (AvgIpc) is 2.39. The molecule has 1 aromatic rings. The number of halogens is 3. The highest BCUT2D eigenvalue weighted by molar-refractivity contribution is 5.71. The third-order valence-electron chi connectivity index (χ3n) is 3.84. The summed E-state index contributed by atoms with van der Waals surface area (Å²) in [5.74, 6) is -1.55. The molecule has 0 atom stereocenters. The highest BCUT2D eigenvalue weighted by Crippen LogP contribution is 2.40. The molecule has 0 aliphatic heterocycles. The van der Waals surface area contributed by atoms with Crippen molar-refractivity contribution in [1.29, 1.82) is 0 Å². The Kier molecular flexibility index (Phi) is 4.65. The maximum atomic E-state index is 12.3. The van der Waals surface area contributed by atoms with Crippen LogP contribution in [0.3, 0.4) is 0 Å². The molecule has 0 saturated heterocycles. The molecule has 1 fully saturated rings. The van der Waals surface area contributed by atoms with Gasteiger partial charge in [-0.3, -0.25) is 4.79 Å². The van der Waals surface area contributed by atoms with Crippen molar-refractivity contribution in [1.82, 2.24) is 0 Å². The molecule has 1 saturated carbocycles. The quantitative estimate of drug-likeness (QED) is 0.893. The van der Waals surface area contributed by atoms with Crippen LogP contribution >= 0.6 is 0 Å². The lowest BCUT2D eigenvalue weighted by Crippen LogP contribution is -2.30. The van der Waals surface area contributed by atoms with Gasteiger partial charge in [-0.2, -0.15) is 0 Å². The number of alkyl halides is 3. The fourth-order valence-electron chi connectivity index (χ4n) is 2.91. The number of carboxylic acid groups (broad SMARTS) is 1. The Bertz CT molecular complexity index is 548. The third-order valence-corrected chi connectivity index (χ3v) is 3.84. The van der Waals surface area contributed by atoms with E-state index in [1.165, 1.54) is 6.07 Å². The molecule has 1 aliphatic rings. The second kappa shape index (κ2) is 6.16.